The van der Waals surface area contributed by atoms with Gasteiger partial charge in [0.1, 0.15) is 12.4 Å². The molecule has 3 aromatic rings. The normalized spacial score (nSPS) is 11.0. The minimum atomic E-state index is -0.0713. The fourth-order valence-corrected chi connectivity index (χ4v) is 3.69. The van der Waals surface area contributed by atoms with Crippen LogP contribution in [-0.2, 0) is 18.4 Å². The highest BCUT2D eigenvalue weighted by Gasteiger charge is 2.13. The molecule has 7 heteroatoms. The van der Waals surface area contributed by atoms with Gasteiger partial charge in [0.25, 0.3) is 0 Å². The molecule has 1 aromatic heterocycles. The molecule has 1 N–H and O–H groups in total. The van der Waals surface area contributed by atoms with Gasteiger partial charge in [0.05, 0.1) is 5.75 Å². The molecule has 0 unspecified atom stereocenters. The standard InChI is InChI=1S/C23H28N4O2S/c1-15(2)18-7-9-19(10-8-18)29-13-21-25-26-23(27(21)5)30-14-22(28)24-20-11-6-16(3)12-17(20)4/h6-12,15H,13-14H2,1-5H3,(H,24,28). The number of nitrogens with one attached hydrogen (secondary N) is 1. The second-order valence-electron chi connectivity index (χ2n) is 7.63. The molecule has 0 aliphatic heterocycles. The van der Waals surface area contributed by atoms with Crippen LogP contribution in [0.5, 0.6) is 5.75 Å². The van der Waals surface area contributed by atoms with Gasteiger partial charge < -0.3 is 14.6 Å². The van der Waals surface area contributed by atoms with Gasteiger partial charge in [-0.2, -0.15) is 0 Å². The van der Waals surface area contributed by atoms with Crippen LogP contribution in [0.2, 0.25) is 0 Å². The number of hydrogen-bond donors (Lipinski definition) is 1. The van der Waals surface area contributed by atoms with Crippen LogP contribution in [-0.4, -0.2) is 26.4 Å². The number of thioether (sulfide) groups is 1. The maximum atomic E-state index is 12.3. The van der Waals surface area contributed by atoms with E-state index < -0.39 is 0 Å². The van der Waals surface area contributed by atoms with Crippen LogP contribution in [0.1, 0.15) is 42.3 Å². The monoisotopic (exact) mass is 424 g/mol. The molecule has 0 bridgehead atoms. The van der Waals surface area contributed by atoms with Gasteiger partial charge in [0.2, 0.25) is 5.91 Å². The number of benzene rings is 2. The molecule has 6 nitrogen and oxygen atoms in total. The van der Waals surface area contributed by atoms with Gasteiger partial charge in [0.15, 0.2) is 11.0 Å². The first-order valence-electron chi connectivity index (χ1n) is 9.94. The predicted molar refractivity (Wildman–Crippen MR) is 121 cm³/mol. The summed E-state index contributed by atoms with van der Waals surface area (Å²) in [6, 6.07) is 14.1. The summed E-state index contributed by atoms with van der Waals surface area (Å²) in [6.07, 6.45) is 0. The molecule has 1 heterocycles. The average Bonchev–Trinajstić information content (AvgIpc) is 3.07. The van der Waals surface area contributed by atoms with E-state index in [-0.39, 0.29) is 11.7 Å². The minimum absolute atomic E-state index is 0.0713. The number of aryl methyl sites for hydroxylation is 2. The number of ether oxygens (including phenoxy) is 1. The zero-order valence-electron chi connectivity index (χ0n) is 18.1. The van der Waals surface area contributed by atoms with Gasteiger partial charge in [-0.15, -0.1) is 10.2 Å². The van der Waals surface area contributed by atoms with Crippen molar-refractivity contribution in [1.29, 1.82) is 0 Å². The molecule has 3 rings (SSSR count). The summed E-state index contributed by atoms with van der Waals surface area (Å²) in [4.78, 5) is 12.3. The van der Waals surface area contributed by atoms with Crippen LogP contribution >= 0.6 is 11.8 Å². The molecular formula is C23H28N4O2S. The highest BCUT2D eigenvalue weighted by molar-refractivity contribution is 7.99. The molecule has 0 spiro atoms. The summed E-state index contributed by atoms with van der Waals surface area (Å²) in [5, 5.41) is 12.0. The van der Waals surface area contributed by atoms with E-state index in [1.165, 1.54) is 22.9 Å². The largest absolute Gasteiger partial charge is 0.486 e. The first-order chi connectivity index (χ1) is 14.3. The number of anilines is 1. The summed E-state index contributed by atoms with van der Waals surface area (Å²) < 4.78 is 7.70. The van der Waals surface area contributed by atoms with Crippen LogP contribution in [0.15, 0.2) is 47.6 Å². The summed E-state index contributed by atoms with van der Waals surface area (Å²) in [5.74, 6) is 2.18. The second kappa shape index (κ2) is 9.80. The van der Waals surface area contributed by atoms with Gasteiger partial charge in [-0.1, -0.05) is 55.4 Å². The van der Waals surface area contributed by atoms with Crippen molar-refractivity contribution in [3.05, 3.63) is 65.0 Å². The molecule has 0 atom stereocenters. The Labute approximate surface area is 182 Å². The predicted octanol–water partition coefficient (Wildman–Crippen LogP) is 4.87. The molecule has 30 heavy (non-hydrogen) atoms. The number of aromatic nitrogens is 3. The molecular weight excluding hydrogens is 396 g/mol. The molecule has 2 aromatic carbocycles. The van der Waals surface area contributed by atoms with Crippen molar-refractivity contribution in [3.8, 4) is 5.75 Å². The quantitative estimate of drug-likeness (QED) is 0.523. The number of carbonyl (C=O) groups is 1. The summed E-state index contributed by atoms with van der Waals surface area (Å²) in [5.41, 5.74) is 4.33. The smallest absolute Gasteiger partial charge is 0.234 e. The Kier molecular flexibility index (Phi) is 7.15. The Morgan fingerprint density at radius 2 is 1.87 bits per heavy atom. The third-order valence-electron chi connectivity index (χ3n) is 4.83. The number of amides is 1. The highest BCUT2D eigenvalue weighted by atomic mass is 32.2. The molecule has 0 fully saturated rings. The number of rotatable bonds is 8. The van der Waals surface area contributed by atoms with E-state index in [9.17, 15) is 4.79 Å². The number of hydrogen-bond acceptors (Lipinski definition) is 5. The van der Waals surface area contributed by atoms with Crippen LogP contribution in [0, 0.1) is 13.8 Å². The number of nitrogens with zero attached hydrogens (tertiary/aromatic N) is 3. The summed E-state index contributed by atoms with van der Waals surface area (Å²) in [7, 11) is 1.88. The van der Waals surface area contributed by atoms with E-state index in [2.05, 4.69) is 41.5 Å². The third-order valence-corrected chi connectivity index (χ3v) is 5.85. The highest BCUT2D eigenvalue weighted by Crippen LogP contribution is 2.21. The third kappa shape index (κ3) is 5.63. The maximum absolute atomic E-state index is 12.3. The van der Waals surface area contributed by atoms with E-state index in [4.69, 9.17) is 4.74 Å². The van der Waals surface area contributed by atoms with Crippen LogP contribution in [0.3, 0.4) is 0 Å². The van der Waals surface area contributed by atoms with E-state index >= 15 is 0 Å². The molecule has 158 valence electrons. The van der Waals surface area contributed by atoms with Crippen molar-refractivity contribution in [1.82, 2.24) is 14.8 Å². The Balaban J connectivity index is 1.52. The van der Waals surface area contributed by atoms with Gasteiger partial charge in [0, 0.05) is 12.7 Å². The van der Waals surface area contributed by atoms with Crippen LogP contribution in [0.25, 0.3) is 0 Å². The van der Waals surface area contributed by atoms with E-state index in [0.717, 1.165) is 17.0 Å². The van der Waals surface area contributed by atoms with Crippen molar-refractivity contribution in [3.63, 3.8) is 0 Å². The average molecular weight is 425 g/mol. The lowest BCUT2D eigenvalue weighted by Gasteiger charge is -2.10. The minimum Gasteiger partial charge on any atom is -0.486 e. The molecule has 0 aliphatic rings. The van der Waals surface area contributed by atoms with Gasteiger partial charge in [-0.3, -0.25) is 4.79 Å². The Bertz CT molecular complexity index is 1010. The van der Waals surface area contributed by atoms with Crippen LogP contribution < -0.4 is 10.1 Å². The van der Waals surface area contributed by atoms with Crippen molar-refractivity contribution in [2.24, 2.45) is 7.05 Å². The fourth-order valence-electron chi connectivity index (χ4n) is 2.96. The van der Waals surface area contributed by atoms with Crippen molar-refractivity contribution < 1.29 is 9.53 Å². The van der Waals surface area contributed by atoms with Gasteiger partial charge >= 0.3 is 0 Å². The molecule has 1 amide bonds. The first-order valence-corrected chi connectivity index (χ1v) is 10.9. The van der Waals surface area contributed by atoms with Crippen molar-refractivity contribution >= 4 is 23.4 Å². The zero-order chi connectivity index (χ0) is 21.7. The van der Waals surface area contributed by atoms with Crippen molar-refractivity contribution in [2.45, 2.75) is 45.4 Å². The Hall–Kier alpha value is -2.80. The summed E-state index contributed by atoms with van der Waals surface area (Å²) >= 11 is 1.35. The fraction of sp³-hybridized carbons (Fsp3) is 0.348. The van der Waals surface area contributed by atoms with Crippen molar-refractivity contribution in [2.75, 3.05) is 11.1 Å². The lowest BCUT2D eigenvalue weighted by Crippen LogP contribution is -2.15. The van der Waals surface area contributed by atoms with Gasteiger partial charge in [-0.05, 0) is 49.1 Å². The maximum Gasteiger partial charge on any atom is 0.234 e. The van der Waals surface area contributed by atoms with Crippen LogP contribution in [0.4, 0.5) is 5.69 Å². The lowest BCUT2D eigenvalue weighted by molar-refractivity contribution is -0.113. The van der Waals surface area contributed by atoms with E-state index in [0.29, 0.717) is 23.5 Å². The van der Waals surface area contributed by atoms with Gasteiger partial charge in [-0.25, -0.2) is 0 Å². The Morgan fingerprint density at radius 3 is 2.53 bits per heavy atom. The lowest BCUT2D eigenvalue weighted by atomic mass is 10.0. The number of carbonyl (C=O) groups excluding carboxylic acids is 1. The Morgan fingerprint density at radius 1 is 1.13 bits per heavy atom. The van der Waals surface area contributed by atoms with E-state index in [1.54, 1.807) is 0 Å². The molecule has 0 saturated heterocycles. The summed E-state index contributed by atoms with van der Waals surface area (Å²) in [6.45, 7) is 8.67. The molecule has 0 saturated carbocycles. The topological polar surface area (TPSA) is 69.0 Å². The zero-order valence-corrected chi connectivity index (χ0v) is 18.9. The molecule has 0 radical (unpaired) electrons. The second-order valence-corrected chi connectivity index (χ2v) is 8.57. The SMILES string of the molecule is Cc1ccc(NC(=O)CSc2nnc(COc3ccc(C(C)C)cc3)n2C)c(C)c1. The first kappa shape index (κ1) is 21.9. The molecule has 0 aliphatic carbocycles. The van der Waals surface area contributed by atoms with E-state index in [1.807, 2.05) is 55.8 Å².